The Morgan fingerprint density at radius 3 is 2.83 bits per heavy atom. The third-order valence-corrected chi connectivity index (χ3v) is 4.46. The first-order chi connectivity index (χ1) is 11.1. The quantitative estimate of drug-likeness (QED) is 0.769. The van der Waals surface area contributed by atoms with Gasteiger partial charge in [0.1, 0.15) is 5.69 Å². The lowest BCUT2D eigenvalue weighted by molar-refractivity contribution is 0.371. The predicted octanol–water partition coefficient (Wildman–Crippen LogP) is 3.62. The molecule has 0 spiro atoms. The highest BCUT2D eigenvalue weighted by atomic mass is 32.1. The van der Waals surface area contributed by atoms with E-state index in [1.54, 1.807) is 29.5 Å². The van der Waals surface area contributed by atoms with Gasteiger partial charge in [0.2, 0.25) is 11.7 Å². The zero-order chi connectivity index (χ0) is 16.4. The summed E-state index contributed by atoms with van der Waals surface area (Å²) in [7, 11) is 1.51. The van der Waals surface area contributed by atoms with Gasteiger partial charge in [-0.2, -0.15) is 4.98 Å². The van der Waals surface area contributed by atoms with Gasteiger partial charge in [-0.05, 0) is 17.7 Å². The van der Waals surface area contributed by atoms with Crippen molar-refractivity contribution in [3.63, 3.8) is 0 Å². The van der Waals surface area contributed by atoms with Gasteiger partial charge in [0.05, 0.1) is 18.5 Å². The fraction of sp³-hybridized carbons (Fsp3) is 0.312. The van der Waals surface area contributed by atoms with Crippen molar-refractivity contribution in [2.24, 2.45) is 0 Å². The van der Waals surface area contributed by atoms with Gasteiger partial charge in [0.15, 0.2) is 11.5 Å². The Morgan fingerprint density at radius 1 is 1.30 bits per heavy atom. The summed E-state index contributed by atoms with van der Waals surface area (Å²) in [5.41, 5.74) is 1.65. The molecule has 120 valence electrons. The number of rotatable bonds is 5. The van der Waals surface area contributed by atoms with E-state index in [-0.39, 0.29) is 5.75 Å². The van der Waals surface area contributed by atoms with Crippen LogP contribution in [0.25, 0.3) is 11.5 Å². The monoisotopic (exact) mass is 331 g/mol. The van der Waals surface area contributed by atoms with E-state index in [4.69, 9.17) is 9.26 Å². The maximum atomic E-state index is 9.62. The predicted molar refractivity (Wildman–Crippen MR) is 87.0 cm³/mol. The summed E-state index contributed by atoms with van der Waals surface area (Å²) in [5, 5.41) is 16.6. The van der Waals surface area contributed by atoms with E-state index < -0.39 is 0 Å². The number of hydrogen-bond acceptors (Lipinski definition) is 7. The van der Waals surface area contributed by atoms with Crippen LogP contribution >= 0.6 is 11.3 Å². The summed E-state index contributed by atoms with van der Waals surface area (Å²) < 4.78 is 10.4. The molecule has 23 heavy (non-hydrogen) atoms. The smallest absolute Gasteiger partial charge is 0.231 e. The Morgan fingerprint density at radius 2 is 2.13 bits per heavy atom. The van der Waals surface area contributed by atoms with E-state index >= 15 is 0 Å². The minimum Gasteiger partial charge on any atom is -0.504 e. The number of methoxy groups -OCH3 is 1. The molecule has 0 atom stereocenters. The second-order valence-corrected chi connectivity index (χ2v) is 6.31. The van der Waals surface area contributed by atoms with Crippen LogP contribution in [0.15, 0.2) is 28.1 Å². The van der Waals surface area contributed by atoms with Crippen LogP contribution in [0, 0.1) is 0 Å². The van der Waals surface area contributed by atoms with E-state index in [0.717, 1.165) is 16.3 Å². The highest BCUT2D eigenvalue weighted by molar-refractivity contribution is 7.10. The summed E-state index contributed by atoms with van der Waals surface area (Å²) in [4.78, 5) is 8.91. The number of nitrogens with zero attached hydrogens (tertiary/aromatic N) is 3. The Balaban J connectivity index is 1.79. The van der Waals surface area contributed by atoms with E-state index in [2.05, 4.69) is 29.0 Å². The molecule has 0 aliphatic heterocycles. The highest BCUT2D eigenvalue weighted by Crippen LogP contribution is 2.28. The molecule has 0 saturated carbocycles. The average Bonchev–Trinajstić information content (AvgIpc) is 3.18. The number of aromatic nitrogens is 3. The van der Waals surface area contributed by atoms with Crippen molar-refractivity contribution in [2.45, 2.75) is 26.2 Å². The third kappa shape index (κ3) is 3.34. The van der Waals surface area contributed by atoms with E-state index in [0.29, 0.717) is 29.8 Å². The van der Waals surface area contributed by atoms with Gasteiger partial charge in [-0.25, -0.2) is 4.98 Å². The van der Waals surface area contributed by atoms with Gasteiger partial charge in [-0.15, -0.1) is 11.3 Å². The maximum absolute atomic E-state index is 9.62. The van der Waals surface area contributed by atoms with Crippen LogP contribution in [0.5, 0.6) is 11.5 Å². The van der Waals surface area contributed by atoms with Gasteiger partial charge in [0.25, 0.3) is 0 Å². The molecule has 1 aromatic carbocycles. The van der Waals surface area contributed by atoms with Crippen LogP contribution < -0.4 is 4.74 Å². The van der Waals surface area contributed by atoms with Crippen LogP contribution in [0.4, 0.5) is 0 Å². The number of phenols is 1. The second-order valence-electron chi connectivity index (χ2n) is 5.42. The van der Waals surface area contributed by atoms with Crippen molar-refractivity contribution in [2.75, 3.05) is 7.11 Å². The van der Waals surface area contributed by atoms with Crippen LogP contribution in [0.1, 0.15) is 36.2 Å². The first-order valence-corrected chi connectivity index (χ1v) is 8.09. The SMILES string of the molecule is COc1cc(Cc2nc(-c3csc(C(C)C)n3)no2)ccc1O. The van der Waals surface area contributed by atoms with Crippen LogP contribution in [-0.4, -0.2) is 27.3 Å². The lowest BCUT2D eigenvalue weighted by atomic mass is 10.1. The molecule has 3 rings (SSSR count). The van der Waals surface area contributed by atoms with Crippen molar-refractivity contribution < 1.29 is 14.4 Å². The molecule has 0 bridgehead atoms. The molecular weight excluding hydrogens is 314 g/mol. The van der Waals surface area contributed by atoms with Gasteiger partial charge in [-0.3, -0.25) is 0 Å². The molecule has 0 amide bonds. The van der Waals surface area contributed by atoms with Crippen LogP contribution in [0.2, 0.25) is 0 Å². The lowest BCUT2D eigenvalue weighted by Crippen LogP contribution is -1.91. The molecule has 2 heterocycles. The number of ether oxygens (including phenoxy) is 1. The number of aromatic hydroxyl groups is 1. The summed E-state index contributed by atoms with van der Waals surface area (Å²) in [6, 6.07) is 5.13. The zero-order valence-electron chi connectivity index (χ0n) is 13.1. The molecule has 0 fully saturated rings. The molecule has 1 N–H and O–H groups in total. The fourth-order valence-electron chi connectivity index (χ4n) is 2.09. The second kappa shape index (κ2) is 6.37. The molecule has 0 radical (unpaired) electrons. The first-order valence-electron chi connectivity index (χ1n) is 7.21. The fourth-order valence-corrected chi connectivity index (χ4v) is 2.91. The molecule has 0 aliphatic rings. The molecule has 2 aromatic heterocycles. The standard InChI is InChI=1S/C16H17N3O3S/c1-9(2)16-17-11(8-23-16)15-18-14(22-19-15)7-10-4-5-12(20)13(6-10)21-3/h4-6,8-9,20H,7H2,1-3H3. The van der Waals surface area contributed by atoms with E-state index in [1.165, 1.54) is 7.11 Å². The number of benzene rings is 1. The van der Waals surface area contributed by atoms with Gasteiger partial charge in [0, 0.05) is 11.3 Å². The summed E-state index contributed by atoms with van der Waals surface area (Å²) in [6.45, 7) is 4.20. The van der Waals surface area contributed by atoms with Crippen LogP contribution in [0.3, 0.4) is 0 Å². The van der Waals surface area contributed by atoms with Crippen molar-refractivity contribution in [1.29, 1.82) is 0 Å². The topological polar surface area (TPSA) is 81.3 Å². The summed E-state index contributed by atoms with van der Waals surface area (Å²) in [5.74, 6) is 1.89. The first kappa shape index (κ1) is 15.5. The molecule has 6 nitrogen and oxygen atoms in total. The minimum absolute atomic E-state index is 0.103. The van der Waals surface area contributed by atoms with E-state index in [1.807, 2.05) is 5.38 Å². The molecule has 7 heteroatoms. The normalized spacial score (nSPS) is 11.1. The number of hydrogen-bond donors (Lipinski definition) is 1. The minimum atomic E-state index is 0.103. The van der Waals surface area contributed by atoms with Crippen molar-refractivity contribution in [3.05, 3.63) is 40.0 Å². The van der Waals surface area contributed by atoms with Crippen molar-refractivity contribution in [3.8, 4) is 23.0 Å². The van der Waals surface area contributed by atoms with Crippen molar-refractivity contribution >= 4 is 11.3 Å². The van der Waals surface area contributed by atoms with Gasteiger partial charge in [-0.1, -0.05) is 25.1 Å². The molecule has 0 unspecified atom stereocenters. The van der Waals surface area contributed by atoms with Gasteiger partial charge >= 0.3 is 0 Å². The van der Waals surface area contributed by atoms with E-state index in [9.17, 15) is 5.11 Å². The van der Waals surface area contributed by atoms with Gasteiger partial charge < -0.3 is 14.4 Å². The maximum Gasteiger partial charge on any atom is 0.231 e. The Hall–Kier alpha value is -2.41. The largest absolute Gasteiger partial charge is 0.504 e. The Bertz CT molecular complexity index is 811. The average molecular weight is 331 g/mol. The molecule has 3 aromatic rings. The summed E-state index contributed by atoms with van der Waals surface area (Å²) >= 11 is 1.60. The Kier molecular flexibility index (Phi) is 4.29. The zero-order valence-corrected chi connectivity index (χ0v) is 13.9. The lowest BCUT2D eigenvalue weighted by Gasteiger charge is -2.04. The molecule has 0 saturated heterocycles. The third-order valence-electron chi connectivity index (χ3n) is 3.31. The summed E-state index contributed by atoms with van der Waals surface area (Å²) in [6.07, 6.45) is 0.463. The van der Waals surface area contributed by atoms with Crippen molar-refractivity contribution in [1.82, 2.24) is 15.1 Å². The highest BCUT2D eigenvalue weighted by Gasteiger charge is 2.14. The Labute approximate surface area is 137 Å². The van der Waals surface area contributed by atoms with Crippen LogP contribution in [-0.2, 0) is 6.42 Å². The number of phenolic OH excluding ortho intramolecular Hbond substituents is 1. The number of thiazole rings is 1. The molecular formula is C16H17N3O3S. The molecule has 0 aliphatic carbocycles.